The molecule has 0 amide bonds. The Hall–Kier alpha value is -3.73. The molecule has 0 bridgehead atoms. The number of hydrazone groups is 2. The summed E-state index contributed by atoms with van der Waals surface area (Å²) < 4.78 is 0. The number of nitrogens with one attached hydrogen (secondary N) is 2. The molecule has 0 radical (unpaired) electrons. The standard InChI is InChI=1S/C15H12N6O4S/c22-20(23)13-5-1-3-11(7-13)9-16-18-15(26)19-17-10-12-4-2-6-14(8-12)21(24)25/h1-10H,(H2,18,19,26)/b16-9+,17-10?. The van der Waals surface area contributed by atoms with Crippen molar-refractivity contribution in [3.05, 3.63) is 79.9 Å². The molecule has 0 heterocycles. The lowest BCUT2D eigenvalue weighted by molar-refractivity contribution is -0.385. The van der Waals surface area contributed by atoms with E-state index >= 15 is 0 Å². The van der Waals surface area contributed by atoms with Gasteiger partial charge in [0.25, 0.3) is 11.4 Å². The van der Waals surface area contributed by atoms with Crippen molar-refractivity contribution in [1.82, 2.24) is 10.9 Å². The van der Waals surface area contributed by atoms with Gasteiger partial charge in [-0.1, -0.05) is 24.3 Å². The second-order valence-electron chi connectivity index (χ2n) is 4.77. The molecule has 0 aliphatic rings. The van der Waals surface area contributed by atoms with Gasteiger partial charge in [-0.15, -0.1) is 0 Å². The maximum atomic E-state index is 10.7. The van der Waals surface area contributed by atoms with Crippen LogP contribution in [-0.4, -0.2) is 27.4 Å². The van der Waals surface area contributed by atoms with Gasteiger partial charge in [0.15, 0.2) is 0 Å². The first-order valence-electron chi connectivity index (χ1n) is 7.07. The molecular weight excluding hydrogens is 360 g/mol. The highest BCUT2D eigenvalue weighted by Gasteiger charge is 2.04. The topological polar surface area (TPSA) is 135 Å². The third-order valence-electron chi connectivity index (χ3n) is 2.92. The van der Waals surface area contributed by atoms with Crippen LogP contribution in [-0.2, 0) is 0 Å². The van der Waals surface area contributed by atoms with Crippen LogP contribution in [0.5, 0.6) is 0 Å². The van der Waals surface area contributed by atoms with Crippen LogP contribution in [0.25, 0.3) is 0 Å². The van der Waals surface area contributed by atoms with Gasteiger partial charge in [-0.3, -0.25) is 31.1 Å². The van der Waals surface area contributed by atoms with E-state index in [1.807, 2.05) is 0 Å². The number of non-ortho nitro benzene ring substituents is 2. The Morgan fingerprint density at radius 3 is 1.69 bits per heavy atom. The summed E-state index contributed by atoms with van der Waals surface area (Å²) in [6.07, 6.45) is 2.73. The molecule has 0 fully saturated rings. The monoisotopic (exact) mass is 372 g/mol. The van der Waals surface area contributed by atoms with Crippen LogP contribution in [0.3, 0.4) is 0 Å². The number of nitro groups is 2. The fourth-order valence-electron chi connectivity index (χ4n) is 1.79. The minimum atomic E-state index is -0.500. The summed E-state index contributed by atoms with van der Waals surface area (Å²) in [6.45, 7) is 0. The number of nitro benzene ring substituents is 2. The van der Waals surface area contributed by atoms with Gasteiger partial charge in [-0.2, -0.15) is 10.2 Å². The molecule has 2 aromatic rings. The van der Waals surface area contributed by atoms with Crippen LogP contribution in [0.1, 0.15) is 11.1 Å². The summed E-state index contributed by atoms with van der Waals surface area (Å²) >= 11 is 4.95. The maximum absolute atomic E-state index is 10.7. The van der Waals surface area contributed by atoms with Gasteiger partial charge in [0.05, 0.1) is 22.3 Å². The first-order chi connectivity index (χ1) is 12.5. The number of nitrogens with zero attached hydrogens (tertiary/aromatic N) is 4. The van der Waals surface area contributed by atoms with Crippen LogP contribution in [0, 0.1) is 20.2 Å². The van der Waals surface area contributed by atoms with E-state index in [1.165, 1.54) is 36.7 Å². The lowest BCUT2D eigenvalue weighted by atomic mass is 10.2. The molecule has 0 unspecified atom stereocenters. The van der Waals surface area contributed by atoms with Crippen molar-refractivity contribution in [3.8, 4) is 0 Å². The molecule has 26 heavy (non-hydrogen) atoms. The second-order valence-corrected chi connectivity index (χ2v) is 5.18. The van der Waals surface area contributed by atoms with E-state index in [-0.39, 0.29) is 16.5 Å². The Labute approximate surface area is 152 Å². The highest BCUT2D eigenvalue weighted by Crippen LogP contribution is 2.12. The molecule has 0 aliphatic heterocycles. The van der Waals surface area contributed by atoms with Gasteiger partial charge < -0.3 is 0 Å². The normalized spacial score (nSPS) is 10.8. The van der Waals surface area contributed by atoms with Crippen LogP contribution in [0.15, 0.2) is 58.7 Å². The number of rotatable bonds is 6. The molecule has 10 nitrogen and oxygen atoms in total. The number of thiocarbonyl (C=S) groups is 1. The smallest absolute Gasteiger partial charge is 0.258 e. The third-order valence-corrected chi connectivity index (χ3v) is 3.10. The van der Waals surface area contributed by atoms with Crippen LogP contribution >= 0.6 is 12.2 Å². The lowest BCUT2D eigenvalue weighted by Gasteiger charge is -2.01. The molecule has 0 saturated heterocycles. The van der Waals surface area contributed by atoms with Crippen LogP contribution < -0.4 is 10.9 Å². The van der Waals surface area contributed by atoms with E-state index in [0.29, 0.717) is 11.1 Å². The summed E-state index contributed by atoms with van der Waals surface area (Å²) in [4.78, 5) is 20.4. The third kappa shape index (κ3) is 5.72. The molecule has 0 aliphatic carbocycles. The Morgan fingerprint density at radius 2 is 1.31 bits per heavy atom. The molecule has 0 spiro atoms. The van der Waals surface area contributed by atoms with Gasteiger partial charge in [0.2, 0.25) is 5.11 Å². The van der Waals surface area contributed by atoms with Crippen molar-refractivity contribution >= 4 is 41.1 Å². The average Bonchev–Trinajstić information content (AvgIpc) is 2.62. The predicted octanol–water partition coefficient (Wildman–Crippen LogP) is 2.34. The van der Waals surface area contributed by atoms with Crippen molar-refractivity contribution in [2.75, 3.05) is 0 Å². The lowest BCUT2D eigenvalue weighted by Crippen LogP contribution is -2.28. The van der Waals surface area contributed by atoms with Crippen LogP contribution in [0.4, 0.5) is 11.4 Å². The van der Waals surface area contributed by atoms with E-state index in [2.05, 4.69) is 21.1 Å². The van der Waals surface area contributed by atoms with E-state index in [1.54, 1.807) is 24.3 Å². The molecule has 0 atom stereocenters. The molecule has 0 aromatic heterocycles. The summed E-state index contributed by atoms with van der Waals surface area (Å²) in [5.41, 5.74) is 5.94. The van der Waals surface area contributed by atoms with E-state index < -0.39 is 9.85 Å². The van der Waals surface area contributed by atoms with E-state index in [0.717, 1.165) is 0 Å². The van der Waals surface area contributed by atoms with Crippen molar-refractivity contribution in [1.29, 1.82) is 0 Å². The minimum Gasteiger partial charge on any atom is -0.258 e. The number of benzene rings is 2. The molecule has 132 valence electrons. The summed E-state index contributed by atoms with van der Waals surface area (Å²) in [5, 5.41) is 29.1. The molecular formula is C15H12N6O4S. The van der Waals surface area contributed by atoms with Gasteiger partial charge in [0.1, 0.15) is 0 Å². The highest BCUT2D eigenvalue weighted by atomic mass is 32.1. The van der Waals surface area contributed by atoms with Crippen molar-refractivity contribution in [3.63, 3.8) is 0 Å². The quantitative estimate of drug-likeness (QED) is 0.344. The molecule has 2 aromatic carbocycles. The van der Waals surface area contributed by atoms with Crippen molar-refractivity contribution in [2.24, 2.45) is 10.2 Å². The van der Waals surface area contributed by atoms with E-state index in [4.69, 9.17) is 12.2 Å². The summed E-state index contributed by atoms with van der Waals surface area (Å²) in [7, 11) is 0. The Morgan fingerprint density at radius 1 is 0.885 bits per heavy atom. The van der Waals surface area contributed by atoms with Crippen molar-refractivity contribution < 1.29 is 9.85 Å². The van der Waals surface area contributed by atoms with Gasteiger partial charge in [-0.05, 0) is 12.2 Å². The first kappa shape index (κ1) is 18.6. The molecule has 2 rings (SSSR count). The largest absolute Gasteiger partial charge is 0.270 e. The molecule has 2 N–H and O–H groups in total. The number of hydrogen-bond acceptors (Lipinski definition) is 7. The zero-order chi connectivity index (χ0) is 18.9. The number of hydrogen-bond donors (Lipinski definition) is 2. The minimum absolute atomic E-state index is 0.0452. The highest BCUT2D eigenvalue weighted by molar-refractivity contribution is 7.80. The fraction of sp³-hybridized carbons (Fsp3) is 0. The Bertz CT molecular complexity index is 828. The fourth-order valence-corrected chi connectivity index (χ4v) is 1.90. The summed E-state index contributed by atoms with van der Waals surface area (Å²) in [5.74, 6) is 0. The van der Waals surface area contributed by atoms with E-state index in [9.17, 15) is 20.2 Å². The SMILES string of the molecule is O=[N+]([O-])c1cccc(C=NNC(=S)N/N=C/c2cccc([N+](=O)[O-])c2)c1. The Kier molecular flexibility index (Phi) is 6.40. The zero-order valence-electron chi connectivity index (χ0n) is 13.1. The maximum Gasteiger partial charge on any atom is 0.270 e. The first-order valence-corrected chi connectivity index (χ1v) is 7.47. The average molecular weight is 372 g/mol. The summed E-state index contributed by atoms with van der Waals surface area (Å²) in [6, 6.07) is 11.9. The van der Waals surface area contributed by atoms with Crippen LogP contribution in [0.2, 0.25) is 0 Å². The second kappa shape index (κ2) is 8.94. The van der Waals surface area contributed by atoms with Gasteiger partial charge in [-0.25, -0.2) is 0 Å². The predicted molar refractivity (Wildman–Crippen MR) is 100 cm³/mol. The van der Waals surface area contributed by atoms with Crippen molar-refractivity contribution in [2.45, 2.75) is 0 Å². The molecule has 0 saturated carbocycles. The van der Waals surface area contributed by atoms with Gasteiger partial charge in [0, 0.05) is 35.4 Å². The zero-order valence-corrected chi connectivity index (χ0v) is 13.9. The Balaban J connectivity index is 1.87. The molecule has 11 heteroatoms. The van der Waals surface area contributed by atoms with Gasteiger partial charge >= 0.3 is 0 Å².